The average molecular weight is 347 g/mol. The van der Waals surface area contributed by atoms with Crippen LogP contribution in [0.3, 0.4) is 0 Å². The highest BCUT2D eigenvalue weighted by Gasteiger charge is 2.24. The van der Waals surface area contributed by atoms with Gasteiger partial charge in [-0.2, -0.15) is 0 Å². The Balaban J connectivity index is 1.69. The summed E-state index contributed by atoms with van der Waals surface area (Å²) in [7, 11) is 0. The first-order valence-electron chi connectivity index (χ1n) is 8.94. The number of ketones is 1. The third-order valence-corrected chi connectivity index (χ3v) is 4.36. The quantitative estimate of drug-likeness (QED) is 0.628. The minimum Gasteiger partial charge on any atom is -0.473 e. The topological polar surface area (TPSA) is 57.0 Å². The van der Waals surface area contributed by atoms with Gasteiger partial charge in [-0.15, -0.1) is 5.10 Å². The Hall–Kier alpha value is -2.95. The third-order valence-electron chi connectivity index (χ3n) is 4.36. The number of benzene rings is 1. The van der Waals surface area contributed by atoms with Crippen LogP contribution in [-0.4, -0.2) is 26.7 Å². The molecule has 0 atom stereocenters. The van der Waals surface area contributed by atoms with Gasteiger partial charge in [-0.25, -0.2) is 9.67 Å². The fraction of sp³-hybridized carbons (Fsp3) is 0.286. The van der Waals surface area contributed by atoms with Gasteiger partial charge < -0.3 is 4.74 Å². The number of rotatable bonds is 6. The number of pyridine rings is 1. The summed E-state index contributed by atoms with van der Waals surface area (Å²) in [5.74, 6) is 1.56. The van der Waals surface area contributed by atoms with Gasteiger partial charge in [-0.05, 0) is 44.2 Å². The zero-order valence-electron chi connectivity index (χ0n) is 14.9. The molecule has 2 aromatic heterocycles. The SMILES string of the molecule is CC(C)Oc1nn(-c2ccc(C3CC3)cn2)cc1C(=O)c1ccccc1. The highest BCUT2D eigenvalue weighted by atomic mass is 16.5. The van der Waals surface area contributed by atoms with Crippen molar-refractivity contribution in [2.75, 3.05) is 0 Å². The highest BCUT2D eigenvalue weighted by Crippen LogP contribution is 2.39. The van der Waals surface area contributed by atoms with Crippen LogP contribution in [0.2, 0.25) is 0 Å². The van der Waals surface area contributed by atoms with Crippen LogP contribution >= 0.6 is 0 Å². The lowest BCUT2D eigenvalue weighted by molar-refractivity contribution is 0.103. The molecule has 0 unspecified atom stereocenters. The molecule has 0 N–H and O–H groups in total. The van der Waals surface area contributed by atoms with E-state index in [2.05, 4.69) is 16.1 Å². The number of carbonyl (C=O) groups excluding carboxylic acids is 1. The number of carbonyl (C=O) groups is 1. The Morgan fingerprint density at radius 3 is 2.54 bits per heavy atom. The minimum absolute atomic E-state index is 0.0779. The monoisotopic (exact) mass is 347 g/mol. The van der Waals surface area contributed by atoms with Crippen LogP contribution in [0.15, 0.2) is 54.9 Å². The Kier molecular flexibility index (Phi) is 4.29. The van der Waals surface area contributed by atoms with Gasteiger partial charge in [0.25, 0.3) is 0 Å². The molecule has 0 radical (unpaired) electrons. The average Bonchev–Trinajstić information content (AvgIpc) is 3.43. The maximum Gasteiger partial charge on any atom is 0.244 e. The van der Waals surface area contributed by atoms with Gasteiger partial charge >= 0.3 is 0 Å². The van der Waals surface area contributed by atoms with Crippen LogP contribution in [0.1, 0.15) is 54.1 Å². The Bertz CT molecular complexity index is 910. The van der Waals surface area contributed by atoms with Crippen LogP contribution in [0.25, 0.3) is 5.82 Å². The van der Waals surface area contributed by atoms with Crippen molar-refractivity contribution in [3.05, 3.63) is 71.5 Å². The minimum atomic E-state index is -0.109. The molecule has 4 rings (SSSR count). The van der Waals surface area contributed by atoms with Gasteiger partial charge in [0.2, 0.25) is 5.88 Å². The van der Waals surface area contributed by atoms with Crippen molar-refractivity contribution in [2.24, 2.45) is 0 Å². The van der Waals surface area contributed by atoms with Crippen molar-refractivity contribution >= 4 is 5.78 Å². The Morgan fingerprint density at radius 2 is 1.92 bits per heavy atom. The highest BCUT2D eigenvalue weighted by molar-refractivity contribution is 6.10. The summed E-state index contributed by atoms with van der Waals surface area (Å²) in [6.45, 7) is 3.83. The molecule has 3 aromatic rings. The molecule has 1 fully saturated rings. The van der Waals surface area contributed by atoms with E-state index in [1.165, 1.54) is 18.4 Å². The first kappa shape index (κ1) is 16.5. The van der Waals surface area contributed by atoms with E-state index in [-0.39, 0.29) is 11.9 Å². The van der Waals surface area contributed by atoms with Crippen molar-refractivity contribution in [1.29, 1.82) is 0 Å². The smallest absolute Gasteiger partial charge is 0.244 e. The summed E-state index contributed by atoms with van der Waals surface area (Å²) < 4.78 is 7.40. The maximum atomic E-state index is 12.9. The largest absolute Gasteiger partial charge is 0.473 e. The van der Waals surface area contributed by atoms with E-state index in [1.807, 2.05) is 44.3 Å². The molecule has 1 aliphatic rings. The standard InChI is InChI=1S/C21H21N3O2/c1-14(2)26-21-18(20(25)16-6-4-3-5-7-16)13-24(23-21)19-11-10-17(12-22-19)15-8-9-15/h3-7,10-15H,8-9H2,1-2H3. The second kappa shape index (κ2) is 6.75. The summed E-state index contributed by atoms with van der Waals surface area (Å²) in [4.78, 5) is 17.4. The molecule has 5 heteroatoms. The van der Waals surface area contributed by atoms with Crippen LogP contribution in [0.5, 0.6) is 5.88 Å². The molecule has 0 amide bonds. The van der Waals surface area contributed by atoms with Crippen molar-refractivity contribution < 1.29 is 9.53 Å². The molecule has 0 bridgehead atoms. The fourth-order valence-electron chi connectivity index (χ4n) is 2.88. The first-order chi connectivity index (χ1) is 12.6. The van der Waals surface area contributed by atoms with Gasteiger partial charge in [-0.1, -0.05) is 36.4 Å². The van der Waals surface area contributed by atoms with E-state index >= 15 is 0 Å². The van der Waals surface area contributed by atoms with E-state index in [0.29, 0.717) is 28.7 Å². The third kappa shape index (κ3) is 3.38. The van der Waals surface area contributed by atoms with Gasteiger partial charge in [-0.3, -0.25) is 4.79 Å². The number of nitrogens with zero attached hydrogens (tertiary/aromatic N) is 3. The predicted octanol–water partition coefficient (Wildman–Crippen LogP) is 4.16. The number of hydrogen-bond donors (Lipinski definition) is 0. The molecule has 26 heavy (non-hydrogen) atoms. The second-order valence-corrected chi connectivity index (χ2v) is 6.88. The molecule has 0 aliphatic heterocycles. The summed E-state index contributed by atoms with van der Waals surface area (Å²) >= 11 is 0. The van der Waals surface area contributed by atoms with Crippen LogP contribution in [0.4, 0.5) is 0 Å². The molecule has 2 heterocycles. The molecular weight excluding hydrogens is 326 g/mol. The van der Waals surface area contributed by atoms with Gasteiger partial charge in [0.05, 0.1) is 6.10 Å². The molecule has 132 valence electrons. The number of aromatic nitrogens is 3. The lowest BCUT2D eigenvalue weighted by Crippen LogP contribution is -2.10. The lowest BCUT2D eigenvalue weighted by Gasteiger charge is -2.08. The predicted molar refractivity (Wildman–Crippen MR) is 99.0 cm³/mol. The molecule has 1 saturated carbocycles. The Morgan fingerprint density at radius 1 is 1.15 bits per heavy atom. The summed E-state index contributed by atoms with van der Waals surface area (Å²) in [5.41, 5.74) is 2.32. The zero-order valence-corrected chi connectivity index (χ0v) is 14.9. The van der Waals surface area contributed by atoms with Gasteiger partial charge in [0.15, 0.2) is 11.6 Å². The first-order valence-corrected chi connectivity index (χ1v) is 8.94. The van der Waals surface area contributed by atoms with Crippen molar-refractivity contribution in [3.63, 3.8) is 0 Å². The summed E-state index contributed by atoms with van der Waals surface area (Å²) in [6, 6.07) is 13.2. The zero-order chi connectivity index (χ0) is 18.1. The van der Waals surface area contributed by atoms with Crippen LogP contribution in [0, 0.1) is 0 Å². The van der Waals surface area contributed by atoms with E-state index in [4.69, 9.17) is 4.74 Å². The molecule has 0 saturated heterocycles. The van der Waals surface area contributed by atoms with E-state index in [1.54, 1.807) is 23.0 Å². The van der Waals surface area contributed by atoms with Gasteiger partial charge in [0, 0.05) is 18.0 Å². The van der Waals surface area contributed by atoms with Crippen molar-refractivity contribution in [2.45, 2.75) is 38.7 Å². The maximum absolute atomic E-state index is 12.9. The molecular formula is C21H21N3O2. The number of ether oxygens (including phenoxy) is 1. The van der Waals surface area contributed by atoms with Crippen LogP contribution in [-0.2, 0) is 0 Å². The summed E-state index contributed by atoms with van der Waals surface area (Å²) in [5, 5.41) is 4.47. The molecule has 1 aliphatic carbocycles. The summed E-state index contributed by atoms with van der Waals surface area (Å²) in [6.07, 6.45) is 6.00. The second-order valence-electron chi connectivity index (χ2n) is 6.88. The fourth-order valence-corrected chi connectivity index (χ4v) is 2.88. The molecule has 5 nitrogen and oxygen atoms in total. The van der Waals surface area contributed by atoms with Gasteiger partial charge in [0.1, 0.15) is 5.56 Å². The van der Waals surface area contributed by atoms with E-state index in [0.717, 1.165) is 0 Å². The normalized spacial score (nSPS) is 13.8. The molecule has 1 aromatic carbocycles. The van der Waals surface area contributed by atoms with E-state index < -0.39 is 0 Å². The Labute approximate surface area is 152 Å². The van der Waals surface area contributed by atoms with Crippen molar-refractivity contribution in [1.82, 2.24) is 14.8 Å². The lowest BCUT2D eigenvalue weighted by atomic mass is 10.1. The van der Waals surface area contributed by atoms with Crippen molar-refractivity contribution in [3.8, 4) is 11.7 Å². The van der Waals surface area contributed by atoms with E-state index in [9.17, 15) is 4.79 Å². The number of hydrogen-bond acceptors (Lipinski definition) is 4. The molecule has 0 spiro atoms. The van der Waals surface area contributed by atoms with Crippen LogP contribution < -0.4 is 4.74 Å².